The Morgan fingerprint density at radius 1 is 1.44 bits per heavy atom. The van der Waals surface area contributed by atoms with Gasteiger partial charge in [-0.15, -0.1) is 12.4 Å². The fraction of sp³-hybridized carbons (Fsp3) is 0.364. The number of nitrogens with one attached hydrogen (secondary N) is 1. The minimum Gasteiger partial charge on any atom is -0.465 e. The van der Waals surface area contributed by atoms with E-state index in [1.165, 1.54) is 7.11 Å². The Labute approximate surface area is 102 Å². The van der Waals surface area contributed by atoms with Gasteiger partial charge in [0.05, 0.1) is 24.0 Å². The van der Waals surface area contributed by atoms with Gasteiger partial charge in [-0.3, -0.25) is 0 Å². The highest BCUT2D eigenvalue weighted by atomic mass is 35.5. The molecule has 5 heteroatoms. The van der Waals surface area contributed by atoms with E-state index >= 15 is 0 Å². The van der Waals surface area contributed by atoms with E-state index in [4.69, 9.17) is 5.73 Å². The Morgan fingerprint density at radius 3 is 2.50 bits per heavy atom. The number of benzene rings is 1. The summed E-state index contributed by atoms with van der Waals surface area (Å²) in [7, 11) is 1.35. The molecule has 1 aromatic rings. The lowest BCUT2D eigenvalue weighted by Crippen LogP contribution is -2.12. The molecule has 1 aromatic carbocycles. The molecule has 0 radical (unpaired) electrons. The molecule has 16 heavy (non-hydrogen) atoms. The second kappa shape index (κ2) is 6.23. The molecule has 0 aliphatic heterocycles. The van der Waals surface area contributed by atoms with Gasteiger partial charge < -0.3 is 15.8 Å². The predicted octanol–water partition coefficient (Wildman–Crippen LogP) is 2.30. The van der Waals surface area contributed by atoms with Crippen LogP contribution in [0.5, 0.6) is 0 Å². The first kappa shape index (κ1) is 14.6. The van der Waals surface area contributed by atoms with Gasteiger partial charge in [-0.25, -0.2) is 4.79 Å². The van der Waals surface area contributed by atoms with Crippen molar-refractivity contribution in [2.45, 2.75) is 19.9 Å². The average Bonchev–Trinajstić information content (AvgIpc) is 2.19. The Morgan fingerprint density at radius 2 is 2.06 bits per heavy atom. The Kier molecular flexibility index (Phi) is 5.67. The molecule has 1 rings (SSSR count). The standard InChI is InChI=1S/C11H16N2O2.ClH/c1-7(2)13-10-5-4-8(6-9(10)12)11(14)15-3;/h4-7,13H,12H2,1-3H3;1H. The van der Waals surface area contributed by atoms with Crippen LogP contribution in [0.1, 0.15) is 24.2 Å². The van der Waals surface area contributed by atoms with Crippen LogP contribution in [0.25, 0.3) is 0 Å². The van der Waals surface area contributed by atoms with Crippen LogP contribution in [0.4, 0.5) is 11.4 Å². The van der Waals surface area contributed by atoms with Crippen molar-refractivity contribution in [3.63, 3.8) is 0 Å². The maximum Gasteiger partial charge on any atom is 0.337 e. The third-order valence-electron chi connectivity index (χ3n) is 1.92. The molecule has 90 valence electrons. The highest BCUT2D eigenvalue weighted by Gasteiger charge is 2.08. The van der Waals surface area contributed by atoms with Crippen LogP contribution in [-0.2, 0) is 4.74 Å². The van der Waals surface area contributed by atoms with Gasteiger partial charge in [0.1, 0.15) is 0 Å². The maximum atomic E-state index is 11.2. The first-order valence-electron chi connectivity index (χ1n) is 4.79. The molecule has 0 atom stereocenters. The second-order valence-corrected chi connectivity index (χ2v) is 3.59. The number of carbonyl (C=O) groups excluding carboxylic acids is 1. The van der Waals surface area contributed by atoms with Crippen LogP contribution in [0.3, 0.4) is 0 Å². The number of nitrogen functional groups attached to an aromatic ring is 1. The molecule has 0 fully saturated rings. The van der Waals surface area contributed by atoms with E-state index in [1.807, 2.05) is 13.8 Å². The summed E-state index contributed by atoms with van der Waals surface area (Å²) in [4.78, 5) is 11.2. The summed E-state index contributed by atoms with van der Waals surface area (Å²) in [6, 6.07) is 5.38. The van der Waals surface area contributed by atoms with Gasteiger partial charge in [-0.05, 0) is 32.0 Å². The number of methoxy groups -OCH3 is 1. The van der Waals surface area contributed by atoms with Crippen molar-refractivity contribution in [2.75, 3.05) is 18.2 Å². The first-order chi connectivity index (χ1) is 7.04. The number of anilines is 2. The zero-order valence-corrected chi connectivity index (χ0v) is 10.4. The van der Waals surface area contributed by atoms with E-state index < -0.39 is 0 Å². The summed E-state index contributed by atoms with van der Waals surface area (Å²) in [6.45, 7) is 4.04. The zero-order valence-electron chi connectivity index (χ0n) is 9.61. The summed E-state index contributed by atoms with van der Waals surface area (Å²) >= 11 is 0. The van der Waals surface area contributed by atoms with E-state index in [9.17, 15) is 4.79 Å². The molecule has 0 saturated carbocycles. The topological polar surface area (TPSA) is 64.3 Å². The zero-order chi connectivity index (χ0) is 11.4. The predicted molar refractivity (Wildman–Crippen MR) is 68.2 cm³/mol. The summed E-state index contributed by atoms with van der Waals surface area (Å²) < 4.78 is 4.60. The van der Waals surface area contributed by atoms with Crippen molar-refractivity contribution in [3.05, 3.63) is 23.8 Å². The van der Waals surface area contributed by atoms with E-state index in [2.05, 4.69) is 10.1 Å². The van der Waals surface area contributed by atoms with Gasteiger partial charge in [0.15, 0.2) is 0 Å². The minimum atomic E-state index is -0.377. The van der Waals surface area contributed by atoms with Crippen LogP contribution in [0.15, 0.2) is 18.2 Å². The summed E-state index contributed by atoms with van der Waals surface area (Å²) in [5.41, 5.74) is 7.63. The molecule has 0 unspecified atom stereocenters. The largest absolute Gasteiger partial charge is 0.465 e. The molecular weight excluding hydrogens is 228 g/mol. The number of hydrogen-bond acceptors (Lipinski definition) is 4. The normalized spacial score (nSPS) is 9.50. The van der Waals surface area contributed by atoms with Crippen molar-refractivity contribution >= 4 is 29.8 Å². The van der Waals surface area contributed by atoms with Crippen LogP contribution >= 0.6 is 12.4 Å². The summed E-state index contributed by atoms with van der Waals surface area (Å²) in [5, 5.41) is 3.18. The van der Waals surface area contributed by atoms with E-state index in [-0.39, 0.29) is 18.4 Å². The lowest BCUT2D eigenvalue weighted by Gasteiger charge is -2.12. The molecule has 0 amide bonds. The molecule has 4 nitrogen and oxygen atoms in total. The molecule has 0 aromatic heterocycles. The van der Waals surface area contributed by atoms with Crippen molar-refractivity contribution in [2.24, 2.45) is 0 Å². The third-order valence-corrected chi connectivity index (χ3v) is 1.92. The van der Waals surface area contributed by atoms with Gasteiger partial charge in [0, 0.05) is 6.04 Å². The molecule has 3 N–H and O–H groups in total. The van der Waals surface area contributed by atoms with Crippen molar-refractivity contribution < 1.29 is 9.53 Å². The second-order valence-electron chi connectivity index (χ2n) is 3.59. The smallest absolute Gasteiger partial charge is 0.337 e. The quantitative estimate of drug-likeness (QED) is 0.633. The Hall–Kier alpha value is -1.42. The van der Waals surface area contributed by atoms with E-state index in [1.54, 1.807) is 18.2 Å². The highest BCUT2D eigenvalue weighted by Crippen LogP contribution is 2.20. The first-order valence-corrected chi connectivity index (χ1v) is 4.79. The van der Waals surface area contributed by atoms with Crippen molar-refractivity contribution in [1.82, 2.24) is 0 Å². The van der Waals surface area contributed by atoms with E-state index in [0.717, 1.165) is 5.69 Å². The molecule has 0 saturated heterocycles. The lowest BCUT2D eigenvalue weighted by molar-refractivity contribution is 0.0601. The van der Waals surface area contributed by atoms with Crippen molar-refractivity contribution in [1.29, 1.82) is 0 Å². The highest BCUT2D eigenvalue weighted by molar-refractivity contribution is 5.91. The summed E-state index contributed by atoms with van der Waals surface area (Å²) in [6.07, 6.45) is 0. The van der Waals surface area contributed by atoms with Gasteiger partial charge >= 0.3 is 5.97 Å². The fourth-order valence-corrected chi connectivity index (χ4v) is 1.25. The fourth-order valence-electron chi connectivity index (χ4n) is 1.25. The molecule has 0 heterocycles. The molecule has 0 spiro atoms. The molecule has 0 aliphatic carbocycles. The van der Waals surface area contributed by atoms with Crippen LogP contribution in [-0.4, -0.2) is 19.1 Å². The molecule has 0 aliphatic rings. The van der Waals surface area contributed by atoms with Crippen molar-refractivity contribution in [3.8, 4) is 0 Å². The third kappa shape index (κ3) is 3.62. The van der Waals surface area contributed by atoms with Crippen LogP contribution in [0.2, 0.25) is 0 Å². The number of halogens is 1. The molecular formula is C11H17ClN2O2. The van der Waals surface area contributed by atoms with Gasteiger partial charge in [-0.1, -0.05) is 0 Å². The number of hydrogen-bond donors (Lipinski definition) is 2. The lowest BCUT2D eigenvalue weighted by atomic mass is 10.1. The number of rotatable bonds is 3. The Balaban J connectivity index is 0.00000225. The van der Waals surface area contributed by atoms with Gasteiger partial charge in [0.25, 0.3) is 0 Å². The van der Waals surface area contributed by atoms with Gasteiger partial charge in [0.2, 0.25) is 0 Å². The number of nitrogens with two attached hydrogens (primary N) is 1. The summed E-state index contributed by atoms with van der Waals surface area (Å²) in [5.74, 6) is -0.377. The Bertz CT molecular complexity index is 367. The minimum absolute atomic E-state index is 0. The maximum absolute atomic E-state index is 11.2. The molecule has 0 bridgehead atoms. The number of esters is 1. The monoisotopic (exact) mass is 244 g/mol. The number of ether oxygens (including phenoxy) is 1. The van der Waals surface area contributed by atoms with Crippen LogP contribution in [0, 0.1) is 0 Å². The number of carbonyl (C=O) groups is 1. The van der Waals surface area contributed by atoms with Crippen LogP contribution < -0.4 is 11.1 Å². The average molecular weight is 245 g/mol. The van der Waals surface area contributed by atoms with Gasteiger partial charge in [-0.2, -0.15) is 0 Å². The SMILES string of the molecule is COC(=O)c1ccc(NC(C)C)c(N)c1.Cl. The van der Waals surface area contributed by atoms with E-state index in [0.29, 0.717) is 17.3 Å².